The van der Waals surface area contributed by atoms with Gasteiger partial charge >= 0.3 is 12.1 Å². The molecule has 0 saturated carbocycles. The second-order valence-corrected chi connectivity index (χ2v) is 8.81. The first-order chi connectivity index (χ1) is 15.3. The van der Waals surface area contributed by atoms with E-state index in [2.05, 4.69) is 17.4 Å². The van der Waals surface area contributed by atoms with Crippen LogP contribution in [-0.4, -0.2) is 53.7 Å². The average Bonchev–Trinajstić information content (AvgIpc) is 3.35. The summed E-state index contributed by atoms with van der Waals surface area (Å²) < 4.78 is 5.55. The molecule has 2 aromatic rings. The van der Waals surface area contributed by atoms with Crippen LogP contribution in [0.5, 0.6) is 0 Å². The number of hydrogen-bond acceptors (Lipinski definition) is 4. The highest BCUT2D eigenvalue weighted by molar-refractivity contribution is 5.87. The number of rotatable bonds is 6. The van der Waals surface area contributed by atoms with Gasteiger partial charge in [-0.25, -0.2) is 4.79 Å². The summed E-state index contributed by atoms with van der Waals surface area (Å²) in [6.45, 7) is 4.13. The van der Waals surface area contributed by atoms with Crippen molar-refractivity contribution in [1.82, 2.24) is 10.2 Å². The van der Waals surface area contributed by atoms with Crippen molar-refractivity contribution in [2.24, 2.45) is 5.41 Å². The van der Waals surface area contributed by atoms with E-state index in [1.807, 2.05) is 36.4 Å². The standard InChI is InChI=1S/C25H28N2O5/c1-3-21(22(28)27-13-12-25(2,15-27)23(29)30)26-24(31)32-14-20-18-10-6-4-8-16(18)17-9-5-7-11-19(17)20/h4-11,20-21H,3,12-15H2,1-2H3,(H,26,31)(H,29,30). The molecule has 2 amide bonds. The molecule has 7 heteroatoms. The quantitative estimate of drug-likeness (QED) is 0.721. The molecule has 1 fully saturated rings. The second-order valence-electron chi connectivity index (χ2n) is 8.81. The third-order valence-corrected chi connectivity index (χ3v) is 6.64. The molecule has 1 aliphatic heterocycles. The third kappa shape index (κ3) is 3.95. The van der Waals surface area contributed by atoms with Crippen LogP contribution in [0.2, 0.25) is 0 Å². The zero-order valence-corrected chi connectivity index (χ0v) is 18.3. The molecule has 4 rings (SSSR count). The van der Waals surface area contributed by atoms with Crippen molar-refractivity contribution < 1.29 is 24.2 Å². The van der Waals surface area contributed by atoms with Gasteiger partial charge in [-0.15, -0.1) is 0 Å². The average molecular weight is 437 g/mol. The van der Waals surface area contributed by atoms with Gasteiger partial charge < -0.3 is 20.1 Å². The predicted octanol–water partition coefficient (Wildman–Crippen LogP) is 3.63. The smallest absolute Gasteiger partial charge is 0.407 e. The molecule has 7 nitrogen and oxygen atoms in total. The Balaban J connectivity index is 1.38. The molecule has 0 spiro atoms. The SMILES string of the molecule is CCC(NC(=O)OCC1c2ccccc2-c2ccccc21)C(=O)N1CCC(C)(C(=O)O)C1. The van der Waals surface area contributed by atoms with Gasteiger partial charge in [0, 0.05) is 19.0 Å². The molecular weight excluding hydrogens is 408 g/mol. The van der Waals surface area contributed by atoms with E-state index >= 15 is 0 Å². The highest BCUT2D eigenvalue weighted by Gasteiger charge is 2.43. The number of nitrogens with zero attached hydrogens (tertiary/aromatic N) is 1. The Morgan fingerprint density at radius 3 is 2.25 bits per heavy atom. The summed E-state index contributed by atoms with van der Waals surface area (Å²) in [5.74, 6) is -1.24. The van der Waals surface area contributed by atoms with Gasteiger partial charge in [0.25, 0.3) is 0 Å². The number of carboxylic acid groups (broad SMARTS) is 1. The monoisotopic (exact) mass is 436 g/mol. The summed E-state index contributed by atoms with van der Waals surface area (Å²) in [7, 11) is 0. The van der Waals surface area contributed by atoms with E-state index in [9.17, 15) is 19.5 Å². The van der Waals surface area contributed by atoms with E-state index in [0.29, 0.717) is 19.4 Å². The van der Waals surface area contributed by atoms with Crippen LogP contribution in [0.3, 0.4) is 0 Å². The Labute approximate surface area is 187 Å². The second kappa shape index (κ2) is 8.65. The predicted molar refractivity (Wildman–Crippen MR) is 119 cm³/mol. The molecule has 2 aliphatic rings. The van der Waals surface area contributed by atoms with Gasteiger partial charge in [0.1, 0.15) is 12.6 Å². The summed E-state index contributed by atoms with van der Waals surface area (Å²) in [5, 5.41) is 12.1. The fourth-order valence-corrected chi connectivity index (χ4v) is 4.66. The van der Waals surface area contributed by atoms with Crippen LogP contribution in [0.1, 0.15) is 43.7 Å². The summed E-state index contributed by atoms with van der Waals surface area (Å²) in [6.07, 6.45) is 0.144. The minimum absolute atomic E-state index is 0.0567. The van der Waals surface area contributed by atoms with Crippen LogP contribution in [0.25, 0.3) is 11.1 Å². The fourth-order valence-electron chi connectivity index (χ4n) is 4.66. The van der Waals surface area contributed by atoms with Crippen LogP contribution in [0.15, 0.2) is 48.5 Å². The molecule has 2 N–H and O–H groups in total. The zero-order chi connectivity index (χ0) is 22.9. The lowest BCUT2D eigenvalue weighted by atomic mass is 9.90. The molecular formula is C25H28N2O5. The van der Waals surface area contributed by atoms with Gasteiger partial charge in [-0.2, -0.15) is 0 Å². The zero-order valence-electron chi connectivity index (χ0n) is 18.3. The highest BCUT2D eigenvalue weighted by atomic mass is 16.5. The fraction of sp³-hybridized carbons (Fsp3) is 0.400. The number of nitrogens with one attached hydrogen (secondary N) is 1. The number of ether oxygens (including phenoxy) is 1. The molecule has 2 unspecified atom stereocenters. The van der Waals surface area contributed by atoms with E-state index in [0.717, 1.165) is 22.3 Å². The van der Waals surface area contributed by atoms with Crippen LogP contribution in [0, 0.1) is 5.41 Å². The molecule has 2 atom stereocenters. The number of carbonyl (C=O) groups is 3. The number of alkyl carbamates (subject to hydrolysis) is 1. The third-order valence-electron chi connectivity index (χ3n) is 6.64. The van der Waals surface area contributed by atoms with Gasteiger partial charge in [0.2, 0.25) is 5.91 Å². The van der Waals surface area contributed by atoms with Gasteiger partial charge in [-0.3, -0.25) is 9.59 Å². The Kier molecular flexibility index (Phi) is 5.91. The van der Waals surface area contributed by atoms with Gasteiger partial charge in [-0.05, 0) is 42.0 Å². The van der Waals surface area contributed by atoms with Crippen LogP contribution < -0.4 is 5.32 Å². The Hall–Kier alpha value is -3.35. The van der Waals surface area contributed by atoms with Crippen LogP contribution in [0.4, 0.5) is 4.79 Å². The van der Waals surface area contributed by atoms with Crippen molar-refractivity contribution >= 4 is 18.0 Å². The van der Waals surface area contributed by atoms with Crippen LogP contribution in [-0.2, 0) is 14.3 Å². The van der Waals surface area contributed by atoms with E-state index < -0.39 is 23.5 Å². The first kappa shape index (κ1) is 21.9. The molecule has 2 aromatic carbocycles. The largest absolute Gasteiger partial charge is 0.481 e. The van der Waals surface area contributed by atoms with Crippen molar-refractivity contribution in [3.05, 3.63) is 59.7 Å². The minimum atomic E-state index is -0.947. The number of carboxylic acids is 1. The Morgan fingerprint density at radius 1 is 1.12 bits per heavy atom. The van der Waals surface area contributed by atoms with E-state index in [-0.39, 0.29) is 25.0 Å². The molecule has 1 aliphatic carbocycles. The van der Waals surface area contributed by atoms with Crippen LogP contribution >= 0.6 is 0 Å². The van der Waals surface area contributed by atoms with E-state index in [4.69, 9.17) is 4.74 Å². The topological polar surface area (TPSA) is 95.9 Å². The maximum Gasteiger partial charge on any atom is 0.407 e. The number of fused-ring (bicyclic) bond motifs is 3. The maximum absolute atomic E-state index is 12.9. The first-order valence-electron chi connectivity index (χ1n) is 11.0. The van der Waals surface area contributed by atoms with E-state index in [1.165, 1.54) is 4.90 Å². The van der Waals surface area contributed by atoms with Crippen molar-refractivity contribution in [1.29, 1.82) is 0 Å². The van der Waals surface area contributed by atoms with Gasteiger partial charge in [-0.1, -0.05) is 55.5 Å². The molecule has 32 heavy (non-hydrogen) atoms. The molecule has 0 bridgehead atoms. The van der Waals surface area contributed by atoms with Gasteiger partial charge in [0.05, 0.1) is 5.41 Å². The highest BCUT2D eigenvalue weighted by Crippen LogP contribution is 2.44. The van der Waals surface area contributed by atoms with Gasteiger partial charge in [0.15, 0.2) is 0 Å². The summed E-state index contributed by atoms with van der Waals surface area (Å²) in [6, 6.07) is 15.4. The number of likely N-dealkylation sites (tertiary alicyclic amines) is 1. The lowest BCUT2D eigenvalue weighted by Gasteiger charge is -2.25. The number of hydrogen-bond donors (Lipinski definition) is 2. The molecule has 0 aromatic heterocycles. The maximum atomic E-state index is 12.9. The first-order valence-corrected chi connectivity index (χ1v) is 11.0. The lowest BCUT2D eigenvalue weighted by molar-refractivity contribution is -0.147. The number of aliphatic carboxylic acids is 1. The Bertz CT molecular complexity index is 1010. The minimum Gasteiger partial charge on any atom is -0.481 e. The van der Waals surface area contributed by atoms with Crippen molar-refractivity contribution in [3.8, 4) is 11.1 Å². The summed E-state index contributed by atoms with van der Waals surface area (Å²) in [5.41, 5.74) is 3.59. The lowest BCUT2D eigenvalue weighted by Crippen LogP contribution is -2.48. The summed E-state index contributed by atoms with van der Waals surface area (Å²) >= 11 is 0. The van der Waals surface area contributed by atoms with Crippen molar-refractivity contribution in [2.75, 3.05) is 19.7 Å². The number of amides is 2. The number of carbonyl (C=O) groups excluding carboxylic acids is 2. The molecule has 1 saturated heterocycles. The molecule has 0 radical (unpaired) electrons. The molecule has 168 valence electrons. The Morgan fingerprint density at radius 2 is 1.72 bits per heavy atom. The normalized spacial score (nSPS) is 20.4. The van der Waals surface area contributed by atoms with E-state index in [1.54, 1.807) is 13.8 Å². The number of benzene rings is 2. The summed E-state index contributed by atoms with van der Waals surface area (Å²) in [4.78, 5) is 38.4. The van der Waals surface area contributed by atoms with Crippen molar-refractivity contribution in [3.63, 3.8) is 0 Å². The van der Waals surface area contributed by atoms with Crippen molar-refractivity contribution in [2.45, 2.75) is 38.6 Å². The molecule has 1 heterocycles.